The van der Waals surface area contributed by atoms with E-state index in [0.29, 0.717) is 6.54 Å². The molecule has 0 saturated carbocycles. The van der Waals surface area contributed by atoms with Crippen LogP contribution in [-0.2, 0) is 4.74 Å². The van der Waals surface area contributed by atoms with Crippen LogP contribution in [0, 0.1) is 11.8 Å². The molecule has 2 N–H and O–H groups in total. The molecule has 1 fully saturated rings. The molecule has 114 valence electrons. The Kier molecular flexibility index (Phi) is 6.78. The fourth-order valence-corrected chi connectivity index (χ4v) is 2.97. The Bertz CT molecular complexity index is 243. The minimum atomic E-state index is 0.0732. The Hall–Kier alpha value is -0.120. The smallest absolute Gasteiger partial charge is 0.0743 e. The molecular formula is C16H34N2O. The standard InChI is InChI=1S/C16H34N2O/c1-13(2)6-9-18(10-7-14(3)4)16(12-17)8-11-19-15(16)5/h13-15H,6-12,17H2,1-5H3. The predicted octanol–water partition coefficient (Wildman–Crippen LogP) is 2.89. The van der Waals surface area contributed by atoms with Crippen molar-refractivity contribution < 1.29 is 4.74 Å². The van der Waals surface area contributed by atoms with Gasteiger partial charge in [-0.05, 0) is 51.1 Å². The van der Waals surface area contributed by atoms with Gasteiger partial charge >= 0.3 is 0 Å². The summed E-state index contributed by atoms with van der Waals surface area (Å²) in [4.78, 5) is 2.63. The van der Waals surface area contributed by atoms with Gasteiger partial charge in [-0.1, -0.05) is 27.7 Å². The zero-order valence-electron chi connectivity index (χ0n) is 13.6. The van der Waals surface area contributed by atoms with Crippen molar-refractivity contribution in [1.82, 2.24) is 4.90 Å². The first-order valence-electron chi connectivity index (χ1n) is 7.99. The van der Waals surface area contributed by atoms with Gasteiger partial charge in [-0.2, -0.15) is 0 Å². The van der Waals surface area contributed by atoms with E-state index >= 15 is 0 Å². The summed E-state index contributed by atoms with van der Waals surface area (Å²) in [5.41, 5.74) is 6.22. The Morgan fingerprint density at radius 3 is 2.00 bits per heavy atom. The lowest BCUT2D eigenvalue weighted by molar-refractivity contribution is 0.00969. The largest absolute Gasteiger partial charge is 0.376 e. The third-order valence-corrected chi connectivity index (χ3v) is 4.60. The zero-order valence-corrected chi connectivity index (χ0v) is 13.6. The normalized spacial score (nSPS) is 27.9. The molecule has 1 saturated heterocycles. The molecule has 0 amide bonds. The summed E-state index contributed by atoms with van der Waals surface area (Å²) < 4.78 is 5.83. The number of hydrogen-bond donors (Lipinski definition) is 1. The fraction of sp³-hybridized carbons (Fsp3) is 1.00. The summed E-state index contributed by atoms with van der Waals surface area (Å²) in [5.74, 6) is 1.49. The molecule has 3 heteroatoms. The molecule has 0 spiro atoms. The van der Waals surface area contributed by atoms with Gasteiger partial charge in [-0.15, -0.1) is 0 Å². The van der Waals surface area contributed by atoms with Crippen LogP contribution < -0.4 is 5.73 Å². The highest BCUT2D eigenvalue weighted by molar-refractivity contribution is 5.00. The van der Waals surface area contributed by atoms with Crippen LogP contribution in [0.3, 0.4) is 0 Å². The summed E-state index contributed by atoms with van der Waals surface area (Å²) in [6.07, 6.45) is 3.83. The third-order valence-electron chi connectivity index (χ3n) is 4.60. The van der Waals surface area contributed by atoms with Crippen molar-refractivity contribution >= 4 is 0 Å². The van der Waals surface area contributed by atoms with Gasteiger partial charge in [0, 0.05) is 13.2 Å². The van der Waals surface area contributed by atoms with Gasteiger partial charge < -0.3 is 10.5 Å². The van der Waals surface area contributed by atoms with Gasteiger partial charge in [-0.25, -0.2) is 0 Å². The molecule has 2 unspecified atom stereocenters. The monoisotopic (exact) mass is 270 g/mol. The van der Waals surface area contributed by atoms with Crippen molar-refractivity contribution in [3.8, 4) is 0 Å². The number of nitrogens with zero attached hydrogens (tertiary/aromatic N) is 1. The number of ether oxygens (including phenoxy) is 1. The highest BCUT2D eigenvalue weighted by Crippen LogP contribution is 2.32. The minimum Gasteiger partial charge on any atom is -0.376 e. The van der Waals surface area contributed by atoms with Gasteiger partial charge in [0.1, 0.15) is 0 Å². The van der Waals surface area contributed by atoms with E-state index in [1.807, 2.05) is 0 Å². The molecule has 0 bridgehead atoms. The van der Waals surface area contributed by atoms with Gasteiger partial charge in [0.25, 0.3) is 0 Å². The first-order valence-corrected chi connectivity index (χ1v) is 7.99. The minimum absolute atomic E-state index is 0.0732. The summed E-state index contributed by atoms with van der Waals surface area (Å²) in [5, 5.41) is 0. The average molecular weight is 270 g/mol. The second-order valence-corrected chi connectivity index (χ2v) is 6.92. The van der Waals surface area contributed by atoms with Crippen LogP contribution in [0.25, 0.3) is 0 Å². The van der Waals surface area contributed by atoms with Crippen LogP contribution in [0.5, 0.6) is 0 Å². The molecule has 1 heterocycles. The van der Waals surface area contributed by atoms with Crippen molar-refractivity contribution in [2.75, 3.05) is 26.2 Å². The number of nitrogens with two attached hydrogens (primary N) is 1. The van der Waals surface area contributed by atoms with Crippen LogP contribution in [-0.4, -0.2) is 42.8 Å². The predicted molar refractivity (Wildman–Crippen MR) is 82.3 cm³/mol. The van der Waals surface area contributed by atoms with Crippen LogP contribution in [0.15, 0.2) is 0 Å². The number of hydrogen-bond acceptors (Lipinski definition) is 3. The van der Waals surface area contributed by atoms with Crippen LogP contribution in [0.1, 0.15) is 53.9 Å². The highest BCUT2D eigenvalue weighted by Gasteiger charge is 2.44. The molecule has 3 nitrogen and oxygen atoms in total. The summed E-state index contributed by atoms with van der Waals surface area (Å²) in [6, 6.07) is 0. The first-order chi connectivity index (χ1) is 8.92. The molecule has 1 aliphatic heterocycles. The number of rotatable bonds is 8. The maximum atomic E-state index is 6.15. The van der Waals surface area contributed by atoms with E-state index in [4.69, 9.17) is 10.5 Å². The fourth-order valence-electron chi connectivity index (χ4n) is 2.97. The van der Waals surface area contributed by atoms with E-state index < -0.39 is 0 Å². The maximum absolute atomic E-state index is 6.15. The van der Waals surface area contributed by atoms with E-state index in [1.54, 1.807) is 0 Å². The molecule has 1 rings (SSSR count). The molecule has 0 aromatic heterocycles. The molecule has 0 radical (unpaired) electrons. The second kappa shape index (κ2) is 7.61. The lowest BCUT2D eigenvalue weighted by Crippen LogP contribution is -2.58. The Labute approximate surface area is 119 Å². The van der Waals surface area contributed by atoms with Crippen molar-refractivity contribution in [3.05, 3.63) is 0 Å². The molecule has 0 aromatic carbocycles. The molecular weight excluding hydrogens is 236 g/mol. The van der Waals surface area contributed by atoms with Gasteiger partial charge in [0.2, 0.25) is 0 Å². The van der Waals surface area contributed by atoms with Crippen molar-refractivity contribution in [2.45, 2.75) is 65.5 Å². The van der Waals surface area contributed by atoms with E-state index in [1.165, 1.54) is 12.8 Å². The Balaban J connectivity index is 2.74. The molecule has 1 aliphatic rings. The summed E-state index contributed by atoms with van der Waals surface area (Å²) in [6.45, 7) is 15.2. The van der Waals surface area contributed by atoms with E-state index in [9.17, 15) is 0 Å². The first kappa shape index (κ1) is 16.9. The van der Waals surface area contributed by atoms with E-state index in [0.717, 1.165) is 38.0 Å². The van der Waals surface area contributed by atoms with E-state index in [-0.39, 0.29) is 11.6 Å². The summed E-state index contributed by atoms with van der Waals surface area (Å²) in [7, 11) is 0. The molecule has 0 aliphatic carbocycles. The van der Waals surface area contributed by atoms with Crippen molar-refractivity contribution in [2.24, 2.45) is 17.6 Å². The molecule has 2 atom stereocenters. The molecule has 19 heavy (non-hydrogen) atoms. The Morgan fingerprint density at radius 1 is 1.16 bits per heavy atom. The SMILES string of the molecule is CC(C)CCN(CCC(C)C)C1(CN)CCOC1C. The van der Waals surface area contributed by atoms with Gasteiger partial charge in [-0.3, -0.25) is 4.90 Å². The zero-order chi connectivity index (χ0) is 14.5. The van der Waals surface area contributed by atoms with Crippen molar-refractivity contribution in [3.63, 3.8) is 0 Å². The summed E-state index contributed by atoms with van der Waals surface area (Å²) >= 11 is 0. The quantitative estimate of drug-likeness (QED) is 0.737. The van der Waals surface area contributed by atoms with Crippen molar-refractivity contribution in [1.29, 1.82) is 0 Å². The Morgan fingerprint density at radius 2 is 1.68 bits per heavy atom. The average Bonchev–Trinajstić information content (AvgIpc) is 2.71. The van der Waals surface area contributed by atoms with Gasteiger partial charge in [0.15, 0.2) is 0 Å². The van der Waals surface area contributed by atoms with E-state index in [2.05, 4.69) is 39.5 Å². The lowest BCUT2D eigenvalue weighted by Gasteiger charge is -2.43. The molecule has 0 aromatic rings. The third kappa shape index (κ3) is 4.44. The van der Waals surface area contributed by atoms with Crippen LogP contribution in [0.2, 0.25) is 0 Å². The maximum Gasteiger partial charge on any atom is 0.0743 e. The van der Waals surface area contributed by atoms with Crippen LogP contribution >= 0.6 is 0 Å². The van der Waals surface area contributed by atoms with Gasteiger partial charge in [0.05, 0.1) is 11.6 Å². The lowest BCUT2D eigenvalue weighted by atomic mass is 9.88. The topological polar surface area (TPSA) is 38.5 Å². The second-order valence-electron chi connectivity index (χ2n) is 6.92. The highest BCUT2D eigenvalue weighted by atomic mass is 16.5. The van der Waals surface area contributed by atoms with Crippen LogP contribution in [0.4, 0.5) is 0 Å².